The standard InChI is InChI=1S/C10H18O2.6C4H9.2Sn/c1-3-4-5-9-6-10(9)7-12-8-11-2;6*1-3-4-2;;/h6,10H,3-5,7-8H2,1-2H3;6*1,3-4H2,2H3;;/t10-;;;;;;;;/m1......../s1. The van der Waals surface area contributed by atoms with Crippen LogP contribution in [-0.4, -0.2) is 57.3 Å². The number of methoxy groups -OCH3 is 1. The Balaban J connectivity index is 3.82. The van der Waals surface area contributed by atoms with Gasteiger partial charge in [-0.1, -0.05) is 0 Å². The van der Waals surface area contributed by atoms with Gasteiger partial charge in [0.1, 0.15) is 0 Å². The molecule has 1 aliphatic carbocycles. The van der Waals surface area contributed by atoms with Gasteiger partial charge in [-0.15, -0.1) is 0 Å². The molecule has 4 heteroatoms. The van der Waals surface area contributed by atoms with Gasteiger partial charge in [0.2, 0.25) is 0 Å². The van der Waals surface area contributed by atoms with Gasteiger partial charge in [0.05, 0.1) is 0 Å². The Kier molecular flexibility index (Phi) is 21.0. The molecule has 0 aliphatic heterocycles. The van der Waals surface area contributed by atoms with Crippen LogP contribution in [-0.2, 0) is 9.47 Å². The van der Waals surface area contributed by atoms with E-state index in [0.717, 1.165) is 19.9 Å². The molecule has 1 fully saturated rings. The summed E-state index contributed by atoms with van der Waals surface area (Å²) in [6.45, 7) is 18.7. The Morgan fingerprint density at radius 2 is 0.947 bits per heavy atom. The number of unbranched alkanes of at least 4 members (excludes halogenated alkanes) is 7. The average molecular weight is 750 g/mol. The molecule has 1 saturated carbocycles. The molecule has 0 saturated heterocycles. The zero-order valence-corrected chi connectivity index (χ0v) is 33.4. The van der Waals surface area contributed by atoms with Gasteiger partial charge >= 0.3 is 251 Å². The molecule has 2 nitrogen and oxygen atoms in total. The van der Waals surface area contributed by atoms with Gasteiger partial charge in [-0.3, -0.25) is 0 Å². The van der Waals surface area contributed by atoms with Crippen LogP contribution in [0.4, 0.5) is 0 Å². The maximum atomic E-state index is 6.43. The first-order chi connectivity index (χ1) is 18.5. The summed E-state index contributed by atoms with van der Waals surface area (Å²) in [5.41, 5.74) is 0. The molecule has 0 unspecified atom stereocenters. The molecule has 0 amide bonds. The summed E-state index contributed by atoms with van der Waals surface area (Å²) in [5.74, 6) is 0.895. The molecule has 0 radical (unpaired) electrons. The molecule has 0 aromatic carbocycles. The third kappa shape index (κ3) is 10.1. The van der Waals surface area contributed by atoms with E-state index in [1.165, 1.54) is 89.9 Å². The fourth-order valence-corrected chi connectivity index (χ4v) is 65.4. The summed E-state index contributed by atoms with van der Waals surface area (Å²) in [6, 6.07) is 0. The van der Waals surface area contributed by atoms with E-state index in [9.17, 15) is 0 Å². The van der Waals surface area contributed by atoms with E-state index < -0.39 is 36.8 Å². The minimum absolute atomic E-state index is 0.496. The molecule has 0 bridgehead atoms. The SMILES string of the molecule is CCCC[C@@]1([Sn]([CH2]CCC)([CH2]CCC)[CH2]CCC)[C@@H](COCOC)[C@@H]1[Sn]([CH2]CCC)([CH2]CCC)[CH2]CCC. The zero-order chi connectivity index (χ0) is 28.3. The first kappa shape index (κ1) is 37.5. The number of ether oxygens (including phenoxy) is 2. The first-order valence-corrected chi connectivity index (χ1v) is 32.7. The van der Waals surface area contributed by atoms with Crippen molar-refractivity contribution in [1.29, 1.82) is 0 Å². The Morgan fingerprint density at radius 1 is 0.553 bits per heavy atom. The second-order valence-corrected chi connectivity index (χ2v) is 41.3. The van der Waals surface area contributed by atoms with Crippen molar-refractivity contribution >= 4 is 36.8 Å². The van der Waals surface area contributed by atoms with Gasteiger partial charge in [0, 0.05) is 0 Å². The van der Waals surface area contributed by atoms with Gasteiger partial charge in [0.25, 0.3) is 0 Å². The van der Waals surface area contributed by atoms with Gasteiger partial charge in [-0.25, -0.2) is 0 Å². The zero-order valence-electron chi connectivity index (χ0n) is 27.7. The van der Waals surface area contributed by atoms with Crippen LogP contribution in [0.1, 0.15) is 145 Å². The van der Waals surface area contributed by atoms with Gasteiger partial charge < -0.3 is 0 Å². The molecule has 0 aromatic rings. The van der Waals surface area contributed by atoms with Gasteiger partial charge in [-0.2, -0.15) is 0 Å². The van der Waals surface area contributed by atoms with Crippen molar-refractivity contribution in [1.82, 2.24) is 0 Å². The third-order valence-electron chi connectivity index (χ3n) is 10.7. The molecule has 0 heterocycles. The Labute approximate surface area is 249 Å². The number of hydrogen-bond donors (Lipinski definition) is 0. The van der Waals surface area contributed by atoms with Crippen LogP contribution in [0.25, 0.3) is 0 Å². The predicted octanol–water partition coefficient (Wildman–Crippen LogP) is 12.2. The molecular weight excluding hydrogens is 678 g/mol. The van der Waals surface area contributed by atoms with Crippen molar-refractivity contribution in [2.24, 2.45) is 5.92 Å². The van der Waals surface area contributed by atoms with Crippen molar-refractivity contribution in [3.63, 3.8) is 0 Å². The van der Waals surface area contributed by atoms with Crippen molar-refractivity contribution in [2.75, 3.05) is 20.5 Å². The molecule has 3 atom stereocenters. The van der Waals surface area contributed by atoms with Gasteiger partial charge in [-0.05, 0) is 0 Å². The van der Waals surface area contributed by atoms with E-state index >= 15 is 0 Å². The first-order valence-electron chi connectivity index (χ1n) is 17.6. The minimum atomic E-state index is -2.53. The van der Waals surface area contributed by atoms with Gasteiger partial charge in [0.15, 0.2) is 0 Å². The van der Waals surface area contributed by atoms with Crippen LogP contribution in [0.2, 0.25) is 34.0 Å². The second kappa shape index (κ2) is 21.2. The Bertz CT molecular complexity index is 525. The summed E-state index contributed by atoms with van der Waals surface area (Å²) in [4.78, 5) is 0. The van der Waals surface area contributed by atoms with Crippen LogP contribution in [0, 0.1) is 5.92 Å². The van der Waals surface area contributed by atoms with E-state index in [4.69, 9.17) is 9.47 Å². The van der Waals surface area contributed by atoms with Crippen molar-refractivity contribution < 1.29 is 9.47 Å². The van der Waals surface area contributed by atoms with E-state index in [2.05, 4.69) is 48.5 Å². The fraction of sp³-hybridized carbons (Fsp3) is 1.00. The van der Waals surface area contributed by atoms with E-state index in [-0.39, 0.29) is 0 Å². The monoisotopic (exact) mass is 752 g/mol. The van der Waals surface area contributed by atoms with Crippen LogP contribution in [0.3, 0.4) is 0 Å². The summed E-state index contributed by atoms with van der Waals surface area (Å²) in [5, 5.41) is 0. The van der Waals surface area contributed by atoms with E-state index in [1.54, 1.807) is 33.0 Å². The van der Waals surface area contributed by atoms with Crippen LogP contribution >= 0.6 is 0 Å². The predicted molar refractivity (Wildman–Crippen MR) is 177 cm³/mol. The molecule has 38 heavy (non-hydrogen) atoms. The Hall–Kier alpha value is 1.52. The molecular formula is C34H72O2Sn2. The molecule has 0 aromatic heterocycles. The average Bonchev–Trinajstić information content (AvgIpc) is 3.60. The molecule has 0 N–H and O–H groups in total. The van der Waals surface area contributed by atoms with Crippen LogP contribution in [0.15, 0.2) is 0 Å². The summed E-state index contributed by atoms with van der Waals surface area (Å²) in [6.07, 6.45) is 21.9. The normalized spacial score (nSPS) is 21.8. The third-order valence-corrected chi connectivity index (χ3v) is 50.5. The molecule has 1 aliphatic rings. The maximum absolute atomic E-state index is 6.43. The summed E-state index contributed by atoms with van der Waals surface area (Å²) < 4.78 is 23.9. The fourth-order valence-electron chi connectivity index (χ4n) is 8.84. The summed E-state index contributed by atoms with van der Waals surface area (Å²) >= 11 is -4.97. The number of rotatable bonds is 27. The van der Waals surface area contributed by atoms with Crippen molar-refractivity contribution in [3.8, 4) is 0 Å². The van der Waals surface area contributed by atoms with E-state index in [1.807, 2.05) is 7.11 Å². The second-order valence-electron chi connectivity index (χ2n) is 13.3. The quantitative estimate of drug-likeness (QED) is 0.0473. The topological polar surface area (TPSA) is 18.5 Å². The van der Waals surface area contributed by atoms with Crippen molar-refractivity contribution in [3.05, 3.63) is 0 Å². The number of hydrogen-bond acceptors (Lipinski definition) is 2. The van der Waals surface area contributed by atoms with Crippen molar-refractivity contribution in [2.45, 2.75) is 179 Å². The van der Waals surface area contributed by atoms with Crippen LogP contribution < -0.4 is 0 Å². The Morgan fingerprint density at radius 3 is 1.32 bits per heavy atom. The van der Waals surface area contributed by atoms with E-state index in [0.29, 0.717) is 6.79 Å². The molecule has 228 valence electrons. The molecule has 0 spiro atoms. The van der Waals surface area contributed by atoms with Crippen LogP contribution in [0.5, 0.6) is 0 Å². The molecule has 1 rings (SSSR count). The summed E-state index contributed by atoms with van der Waals surface area (Å²) in [7, 11) is 1.81.